The number of carbonyl (C=O) groups is 1. The van der Waals surface area contributed by atoms with Gasteiger partial charge in [0.25, 0.3) is 5.91 Å². The molecule has 1 N–H and O–H groups in total. The van der Waals surface area contributed by atoms with Crippen molar-refractivity contribution in [3.05, 3.63) is 58.9 Å². The Morgan fingerprint density at radius 1 is 1.11 bits per heavy atom. The SMILES string of the molecule is O=C(Nc1c(F)cccc1F)c1cccc(Cl)n1. The summed E-state index contributed by atoms with van der Waals surface area (Å²) in [6.45, 7) is 0. The molecule has 0 aliphatic heterocycles. The minimum absolute atomic E-state index is 0.0230. The van der Waals surface area contributed by atoms with Crippen molar-refractivity contribution in [3.8, 4) is 0 Å². The van der Waals surface area contributed by atoms with E-state index in [0.29, 0.717) is 0 Å². The van der Waals surface area contributed by atoms with Gasteiger partial charge in [0.15, 0.2) is 0 Å². The van der Waals surface area contributed by atoms with Crippen LogP contribution >= 0.6 is 11.6 Å². The summed E-state index contributed by atoms with van der Waals surface area (Å²) in [6.07, 6.45) is 0. The number of para-hydroxylation sites is 1. The Balaban J connectivity index is 2.27. The third-order valence-corrected chi connectivity index (χ3v) is 2.36. The summed E-state index contributed by atoms with van der Waals surface area (Å²) in [4.78, 5) is 15.4. The number of pyridine rings is 1. The number of amides is 1. The third kappa shape index (κ3) is 2.62. The van der Waals surface area contributed by atoms with Gasteiger partial charge in [-0.2, -0.15) is 0 Å². The Bertz CT molecular complexity index is 584. The molecule has 18 heavy (non-hydrogen) atoms. The number of carbonyl (C=O) groups excluding carboxylic acids is 1. The van der Waals surface area contributed by atoms with Crippen molar-refractivity contribution in [2.24, 2.45) is 0 Å². The maximum absolute atomic E-state index is 13.3. The van der Waals surface area contributed by atoms with Gasteiger partial charge in [-0.1, -0.05) is 23.7 Å². The van der Waals surface area contributed by atoms with Crippen LogP contribution in [0.5, 0.6) is 0 Å². The van der Waals surface area contributed by atoms with Crippen LogP contribution in [0, 0.1) is 11.6 Å². The first-order chi connectivity index (χ1) is 8.58. The number of benzene rings is 1. The number of rotatable bonds is 2. The van der Waals surface area contributed by atoms with Gasteiger partial charge in [-0.25, -0.2) is 13.8 Å². The molecule has 3 nitrogen and oxygen atoms in total. The highest BCUT2D eigenvalue weighted by molar-refractivity contribution is 6.29. The molecule has 0 fully saturated rings. The topological polar surface area (TPSA) is 42.0 Å². The van der Waals surface area contributed by atoms with Gasteiger partial charge < -0.3 is 5.32 Å². The first kappa shape index (κ1) is 12.4. The Kier molecular flexibility index (Phi) is 3.53. The van der Waals surface area contributed by atoms with Gasteiger partial charge in [0.2, 0.25) is 0 Å². The van der Waals surface area contributed by atoms with Gasteiger partial charge in [0, 0.05) is 0 Å². The van der Waals surface area contributed by atoms with E-state index in [0.717, 1.165) is 12.1 Å². The summed E-state index contributed by atoms with van der Waals surface area (Å²) in [5.41, 5.74) is -0.533. The van der Waals surface area contributed by atoms with Crippen molar-refractivity contribution in [2.45, 2.75) is 0 Å². The zero-order valence-corrected chi connectivity index (χ0v) is 9.71. The maximum Gasteiger partial charge on any atom is 0.274 e. The summed E-state index contributed by atoms with van der Waals surface area (Å²) in [5, 5.41) is 2.23. The number of nitrogens with zero attached hydrogens (tertiary/aromatic N) is 1. The summed E-state index contributed by atoms with van der Waals surface area (Å²) >= 11 is 5.62. The number of halogens is 3. The van der Waals surface area contributed by atoms with Crippen molar-refractivity contribution >= 4 is 23.2 Å². The van der Waals surface area contributed by atoms with E-state index in [1.807, 2.05) is 0 Å². The van der Waals surface area contributed by atoms with Crippen LogP contribution in [0.3, 0.4) is 0 Å². The first-order valence-electron chi connectivity index (χ1n) is 4.96. The van der Waals surface area contributed by atoms with Crippen LogP contribution < -0.4 is 5.32 Å². The number of nitrogens with one attached hydrogen (secondary N) is 1. The molecule has 6 heteroatoms. The van der Waals surface area contributed by atoms with Gasteiger partial charge >= 0.3 is 0 Å². The van der Waals surface area contributed by atoms with Gasteiger partial charge in [-0.15, -0.1) is 0 Å². The lowest BCUT2D eigenvalue weighted by Crippen LogP contribution is -2.15. The number of hydrogen-bond acceptors (Lipinski definition) is 2. The summed E-state index contributed by atoms with van der Waals surface area (Å²) < 4.78 is 26.6. The minimum atomic E-state index is -0.856. The molecule has 0 spiro atoms. The zero-order valence-electron chi connectivity index (χ0n) is 8.95. The first-order valence-corrected chi connectivity index (χ1v) is 5.33. The van der Waals surface area contributed by atoms with E-state index in [2.05, 4.69) is 10.3 Å². The largest absolute Gasteiger partial charge is 0.316 e. The summed E-state index contributed by atoms with van der Waals surface area (Å²) in [6, 6.07) is 7.69. The minimum Gasteiger partial charge on any atom is -0.316 e. The van der Waals surface area contributed by atoms with Crippen LogP contribution in [0.25, 0.3) is 0 Å². The van der Waals surface area contributed by atoms with E-state index >= 15 is 0 Å². The smallest absolute Gasteiger partial charge is 0.274 e. The van der Waals surface area contributed by atoms with Crippen LogP contribution in [-0.4, -0.2) is 10.9 Å². The molecular formula is C12H7ClF2N2O. The van der Waals surface area contributed by atoms with Crippen molar-refractivity contribution in [1.82, 2.24) is 4.98 Å². The Labute approximate surface area is 106 Å². The highest BCUT2D eigenvalue weighted by Gasteiger charge is 2.14. The van der Waals surface area contributed by atoms with Gasteiger partial charge in [-0.05, 0) is 24.3 Å². The second kappa shape index (κ2) is 5.10. The van der Waals surface area contributed by atoms with Crippen LogP contribution in [0.1, 0.15) is 10.5 Å². The molecule has 1 heterocycles. The molecule has 0 aliphatic rings. The van der Waals surface area contributed by atoms with E-state index in [1.165, 1.54) is 24.3 Å². The molecule has 0 saturated heterocycles. The molecule has 0 atom stereocenters. The second-order valence-electron chi connectivity index (χ2n) is 3.40. The monoisotopic (exact) mass is 268 g/mol. The fourth-order valence-electron chi connectivity index (χ4n) is 1.33. The predicted molar refractivity (Wildman–Crippen MR) is 63.6 cm³/mol. The molecule has 2 rings (SSSR count). The maximum atomic E-state index is 13.3. The molecule has 1 aromatic carbocycles. The zero-order chi connectivity index (χ0) is 13.1. The third-order valence-electron chi connectivity index (χ3n) is 2.15. The van der Waals surface area contributed by atoms with Crippen LogP contribution in [0.2, 0.25) is 5.15 Å². The Hall–Kier alpha value is -2.01. The standard InChI is InChI=1S/C12H7ClF2N2O/c13-10-6-2-5-9(16-10)12(18)17-11-7(14)3-1-4-8(11)15/h1-6H,(H,17,18). The number of anilines is 1. The second-order valence-corrected chi connectivity index (χ2v) is 3.78. The summed E-state index contributed by atoms with van der Waals surface area (Å²) in [5.74, 6) is -2.45. The van der Waals surface area contributed by atoms with Crippen molar-refractivity contribution in [1.29, 1.82) is 0 Å². The van der Waals surface area contributed by atoms with E-state index in [4.69, 9.17) is 11.6 Å². The lowest BCUT2D eigenvalue weighted by Gasteiger charge is -2.06. The highest BCUT2D eigenvalue weighted by Crippen LogP contribution is 2.18. The molecule has 0 unspecified atom stereocenters. The molecule has 0 bridgehead atoms. The van der Waals surface area contributed by atoms with Crippen molar-refractivity contribution in [3.63, 3.8) is 0 Å². The van der Waals surface area contributed by atoms with E-state index in [1.54, 1.807) is 0 Å². The average Bonchev–Trinajstić information content (AvgIpc) is 2.34. The highest BCUT2D eigenvalue weighted by atomic mass is 35.5. The molecular weight excluding hydrogens is 262 g/mol. The lowest BCUT2D eigenvalue weighted by atomic mass is 10.2. The Morgan fingerprint density at radius 2 is 1.72 bits per heavy atom. The van der Waals surface area contributed by atoms with Crippen LogP contribution in [-0.2, 0) is 0 Å². The molecule has 0 saturated carbocycles. The Morgan fingerprint density at radius 3 is 2.33 bits per heavy atom. The molecule has 2 aromatic rings. The quantitative estimate of drug-likeness (QED) is 0.850. The van der Waals surface area contributed by atoms with Crippen LogP contribution in [0.4, 0.5) is 14.5 Å². The van der Waals surface area contributed by atoms with Gasteiger partial charge in [0.05, 0.1) is 0 Å². The molecule has 1 aromatic heterocycles. The fraction of sp³-hybridized carbons (Fsp3) is 0. The van der Waals surface area contributed by atoms with Crippen molar-refractivity contribution in [2.75, 3.05) is 5.32 Å². The van der Waals surface area contributed by atoms with Crippen molar-refractivity contribution < 1.29 is 13.6 Å². The van der Waals surface area contributed by atoms with Gasteiger partial charge in [-0.3, -0.25) is 4.79 Å². The van der Waals surface area contributed by atoms with E-state index in [9.17, 15) is 13.6 Å². The predicted octanol–water partition coefficient (Wildman–Crippen LogP) is 3.27. The number of aromatic nitrogens is 1. The van der Waals surface area contributed by atoms with E-state index in [-0.39, 0.29) is 10.8 Å². The summed E-state index contributed by atoms with van der Waals surface area (Å²) in [7, 11) is 0. The molecule has 0 radical (unpaired) electrons. The fourth-order valence-corrected chi connectivity index (χ4v) is 1.49. The lowest BCUT2D eigenvalue weighted by molar-refractivity contribution is 0.102. The number of hydrogen-bond donors (Lipinski definition) is 1. The van der Waals surface area contributed by atoms with Gasteiger partial charge in [0.1, 0.15) is 28.2 Å². The average molecular weight is 269 g/mol. The normalized spacial score (nSPS) is 10.2. The molecule has 1 amide bonds. The van der Waals surface area contributed by atoms with E-state index < -0.39 is 23.2 Å². The molecule has 92 valence electrons. The molecule has 0 aliphatic carbocycles. The van der Waals surface area contributed by atoms with Crippen LogP contribution in [0.15, 0.2) is 36.4 Å².